The third kappa shape index (κ3) is 4.76. The van der Waals surface area contributed by atoms with Crippen molar-refractivity contribution in [2.75, 3.05) is 0 Å². The topological polar surface area (TPSA) is 120 Å². The van der Waals surface area contributed by atoms with Crippen molar-refractivity contribution in [3.05, 3.63) is 82.3 Å². The third-order valence-corrected chi connectivity index (χ3v) is 7.05. The van der Waals surface area contributed by atoms with Crippen molar-refractivity contribution in [1.82, 2.24) is 33.8 Å². The van der Waals surface area contributed by atoms with Gasteiger partial charge in [-0.2, -0.15) is 0 Å². The Morgan fingerprint density at radius 2 is 1.97 bits per heavy atom. The predicted octanol–water partition coefficient (Wildman–Crippen LogP) is 4.12. The molecule has 5 aromatic rings. The van der Waals surface area contributed by atoms with Crippen molar-refractivity contribution in [3.63, 3.8) is 0 Å². The summed E-state index contributed by atoms with van der Waals surface area (Å²) in [5.74, 6) is -1.13. The van der Waals surface area contributed by atoms with Crippen LogP contribution < -0.4 is 0 Å². The molecule has 0 saturated heterocycles. The Balaban J connectivity index is 1.17. The molecule has 0 amide bonds. The van der Waals surface area contributed by atoms with E-state index in [-0.39, 0.29) is 41.3 Å². The summed E-state index contributed by atoms with van der Waals surface area (Å²) >= 11 is 5.90. The van der Waals surface area contributed by atoms with E-state index in [9.17, 15) is 14.0 Å². The molecule has 12 heteroatoms. The smallest absolute Gasteiger partial charge is 0.303 e. The second-order valence-corrected chi connectivity index (χ2v) is 9.99. The highest BCUT2D eigenvalue weighted by atomic mass is 35.5. The first-order valence-electron chi connectivity index (χ1n) is 12.3. The summed E-state index contributed by atoms with van der Waals surface area (Å²) in [5, 5.41) is 17.2. The van der Waals surface area contributed by atoms with Gasteiger partial charge in [0.25, 0.3) is 0 Å². The number of imidazole rings is 2. The highest BCUT2D eigenvalue weighted by molar-refractivity contribution is 6.31. The Morgan fingerprint density at radius 1 is 1.13 bits per heavy atom. The van der Waals surface area contributed by atoms with Gasteiger partial charge in [0, 0.05) is 31.4 Å². The Kier molecular flexibility index (Phi) is 6.15. The number of hydrogen-bond acceptors (Lipinski definition) is 6. The minimum absolute atomic E-state index is 0.00163. The van der Waals surface area contributed by atoms with Crippen LogP contribution in [-0.2, 0) is 24.2 Å². The van der Waals surface area contributed by atoms with Crippen molar-refractivity contribution in [2.45, 2.75) is 51.0 Å². The average Bonchev–Trinajstić information content (AvgIpc) is 3.29. The van der Waals surface area contributed by atoms with E-state index in [2.05, 4.69) is 27.6 Å². The first kappa shape index (κ1) is 24.2. The normalized spacial score (nSPS) is 13.5. The van der Waals surface area contributed by atoms with Crippen LogP contribution in [0.2, 0.25) is 5.02 Å². The minimum atomic E-state index is -0.846. The second kappa shape index (κ2) is 9.64. The van der Waals surface area contributed by atoms with Crippen LogP contribution in [0.4, 0.5) is 4.39 Å². The molecule has 38 heavy (non-hydrogen) atoms. The van der Waals surface area contributed by atoms with Crippen molar-refractivity contribution in [3.8, 4) is 0 Å². The lowest BCUT2D eigenvalue weighted by Crippen LogP contribution is -2.03. The number of aromatic nitrogens is 7. The summed E-state index contributed by atoms with van der Waals surface area (Å²) in [6.45, 7) is 0.300. The van der Waals surface area contributed by atoms with Crippen LogP contribution in [0.1, 0.15) is 64.6 Å². The monoisotopic (exact) mass is 535 g/mol. The molecule has 1 fully saturated rings. The van der Waals surface area contributed by atoms with E-state index in [0.29, 0.717) is 24.6 Å². The van der Waals surface area contributed by atoms with E-state index < -0.39 is 11.8 Å². The van der Waals surface area contributed by atoms with E-state index >= 15 is 0 Å². The lowest BCUT2D eigenvalue weighted by atomic mass is 10.1. The summed E-state index contributed by atoms with van der Waals surface area (Å²) in [6.07, 6.45) is 11.7. The molecule has 1 aliphatic rings. The van der Waals surface area contributed by atoms with E-state index in [4.69, 9.17) is 21.7 Å². The molecule has 0 spiro atoms. The van der Waals surface area contributed by atoms with Crippen molar-refractivity contribution >= 4 is 34.5 Å². The summed E-state index contributed by atoms with van der Waals surface area (Å²) in [7, 11) is 0. The number of nitrogens with zero attached hydrogens (tertiary/aromatic N) is 7. The van der Waals surface area contributed by atoms with Crippen molar-refractivity contribution < 1.29 is 19.1 Å². The molecule has 0 aliphatic heterocycles. The van der Waals surface area contributed by atoms with E-state index in [0.717, 1.165) is 29.7 Å². The van der Waals surface area contributed by atoms with Crippen LogP contribution in [0, 0.1) is 5.82 Å². The molecule has 1 saturated carbocycles. The zero-order valence-corrected chi connectivity index (χ0v) is 21.0. The molecule has 10 nitrogen and oxygen atoms in total. The maximum absolute atomic E-state index is 14.5. The maximum atomic E-state index is 14.5. The third-order valence-electron chi connectivity index (χ3n) is 6.76. The van der Waals surface area contributed by atoms with Gasteiger partial charge < -0.3 is 13.9 Å². The van der Waals surface area contributed by atoms with E-state index in [1.807, 2.05) is 10.6 Å². The second-order valence-electron chi connectivity index (χ2n) is 9.58. The molecule has 0 unspecified atom stereocenters. The molecule has 5 heterocycles. The van der Waals surface area contributed by atoms with Crippen molar-refractivity contribution in [2.24, 2.45) is 0 Å². The molecule has 194 valence electrons. The number of pyridine rings is 2. The number of aryl methyl sites for hydroxylation is 2. The molecular weight excluding hydrogens is 513 g/mol. The molecule has 5 aromatic heterocycles. The maximum Gasteiger partial charge on any atom is 0.303 e. The standard InChI is InChI=1S/C26H23ClFN7O3/c27-19-7-8-33-14-29-20(25(33)24(19)28)4-5-22(36)21-13-35(32-31-21)12-18-11-34-10-17(15-1-2-15)9-16(26(34)30-18)3-6-23(37)38/h7-11,13-15H,1-6,12H2,(H,37,38). The number of fused-ring (bicyclic) bond motifs is 2. The molecule has 0 bridgehead atoms. The highest BCUT2D eigenvalue weighted by Crippen LogP contribution is 2.40. The number of Topliss-reactive ketones (excluding diaryl/α,β-unsaturated/α-hetero) is 1. The summed E-state index contributed by atoms with van der Waals surface area (Å²) in [4.78, 5) is 32.9. The highest BCUT2D eigenvalue weighted by Gasteiger charge is 2.25. The fraction of sp³-hybridized carbons (Fsp3) is 0.308. The molecule has 6 rings (SSSR count). The van der Waals surface area contributed by atoms with Crippen LogP contribution in [0.15, 0.2) is 43.2 Å². The predicted molar refractivity (Wildman–Crippen MR) is 135 cm³/mol. The number of carboxylic acid groups (broad SMARTS) is 1. The van der Waals surface area contributed by atoms with Crippen LogP contribution in [-0.4, -0.2) is 50.6 Å². The Labute approximate surface area is 220 Å². The number of carbonyl (C=O) groups is 2. The summed E-state index contributed by atoms with van der Waals surface area (Å²) in [5.41, 5.74) is 4.45. The lowest BCUT2D eigenvalue weighted by Gasteiger charge is -2.06. The number of carboxylic acids is 1. The molecule has 0 radical (unpaired) electrons. The van der Waals surface area contributed by atoms with Crippen LogP contribution in [0.25, 0.3) is 11.2 Å². The number of ketones is 1. The van der Waals surface area contributed by atoms with Gasteiger partial charge in [-0.05, 0) is 48.8 Å². The van der Waals surface area contributed by atoms with Crippen LogP contribution >= 0.6 is 11.6 Å². The Bertz CT molecular complexity index is 1700. The van der Waals surface area contributed by atoms with Gasteiger partial charge in [-0.3, -0.25) is 9.59 Å². The fourth-order valence-electron chi connectivity index (χ4n) is 4.68. The number of aliphatic carboxylic acids is 1. The van der Waals surface area contributed by atoms with Gasteiger partial charge >= 0.3 is 5.97 Å². The number of hydrogen-bond donors (Lipinski definition) is 1. The van der Waals surface area contributed by atoms with Crippen molar-refractivity contribution in [1.29, 1.82) is 0 Å². The SMILES string of the molecule is O=C(O)CCc1cc(C2CC2)cn2cc(Cn3cc(C(=O)CCc4ncn5ccc(Cl)c(F)c45)nn3)nc12. The van der Waals surface area contributed by atoms with Crippen LogP contribution in [0.3, 0.4) is 0 Å². The molecular formula is C26H23ClFN7O3. The first-order chi connectivity index (χ1) is 18.4. The van der Waals surface area contributed by atoms with Gasteiger partial charge in [0.2, 0.25) is 0 Å². The van der Waals surface area contributed by atoms with Gasteiger partial charge in [0.15, 0.2) is 11.6 Å². The van der Waals surface area contributed by atoms with Gasteiger partial charge in [-0.15, -0.1) is 5.10 Å². The Hall–Kier alpha value is -4.12. The van der Waals surface area contributed by atoms with Gasteiger partial charge in [-0.1, -0.05) is 22.9 Å². The first-order valence-corrected chi connectivity index (χ1v) is 12.7. The van der Waals surface area contributed by atoms with E-state index in [1.165, 1.54) is 22.4 Å². The van der Waals surface area contributed by atoms with Gasteiger partial charge in [-0.25, -0.2) is 19.0 Å². The largest absolute Gasteiger partial charge is 0.481 e. The minimum Gasteiger partial charge on any atom is -0.481 e. The molecule has 1 aliphatic carbocycles. The molecule has 0 atom stereocenters. The molecule has 1 N–H and O–H groups in total. The summed E-state index contributed by atoms with van der Waals surface area (Å²) in [6, 6.07) is 3.52. The average molecular weight is 536 g/mol. The molecule has 0 aromatic carbocycles. The fourth-order valence-corrected chi connectivity index (χ4v) is 4.83. The quantitative estimate of drug-likeness (QED) is 0.267. The number of halogens is 2. The van der Waals surface area contributed by atoms with Gasteiger partial charge in [0.05, 0.1) is 35.5 Å². The Morgan fingerprint density at radius 3 is 2.76 bits per heavy atom. The zero-order chi connectivity index (χ0) is 26.4. The lowest BCUT2D eigenvalue weighted by molar-refractivity contribution is -0.136. The van der Waals surface area contributed by atoms with E-state index in [1.54, 1.807) is 17.1 Å². The summed E-state index contributed by atoms with van der Waals surface area (Å²) < 4.78 is 19.5. The number of carbonyl (C=O) groups excluding carboxylic acids is 1. The number of rotatable bonds is 10. The zero-order valence-electron chi connectivity index (χ0n) is 20.2. The van der Waals surface area contributed by atoms with Gasteiger partial charge in [0.1, 0.15) is 16.9 Å². The van der Waals surface area contributed by atoms with Crippen LogP contribution in [0.5, 0.6) is 0 Å².